The van der Waals surface area contributed by atoms with Gasteiger partial charge in [0, 0.05) is 5.56 Å². The predicted octanol–water partition coefficient (Wildman–Crippen LogP) is 3.90. The standard InChI is InChI=1S/C20H21NO4S/c1-24-19-11-9-17(10-12-19)20-21-18(14-25-20)15-26(22,23)13-5-8-16-6-3-2-4-7-16/h2-4,6-7,9-12,14H,5,8,13,15H2,1H3. The molecule has 0 aliphatic rings. The Morgan fingerprint density at radius 1 is 1.04 bits per heavy atom. The molecule has 0 saturated carbocycles. The zero-order valence-corrected chi connectivity index (χ0v) is 15.4. The van der Waals surface area contributed by atoms with Crippen LogP contribution in [0.1, 0.15) is 17.7 Å². The Morgan fingerprint density at radius 3 is 2.46 bits per heavy atom. The smallest absolute Gasteiger partial charge is 0.226 e. The molecule has 0 atom stereocenters. The molecule has 0 bridgehead atoms. The van der Waals surface area contributed by atoms with Crippen molar-refractivity contribution in [1.29, 1.82) is 0 Å². The lowest BCUT2D eigenvalue weighted by atomic mass is 10.1. The second-order valence-electron chi connectivity index (χ2n) is 6.05. The van der Waals surface area contributed by atoms with Gasteiger partial charge in [0.25, 0.3) is 0 Å². The summed E-state index contributed by atoms with van der Waals surface area (Å²) in [4.78, 5) is 4.30. The highest BCUT2D eigenvalue weighted by molar-refractivity contribution is 7.90. The molecule has 0 fully saturated rings. The molecule has 5 nitrogen and oxygen atoms in total. The fraction of sp³-hybridized carbons (Fsp3) is 0.250. The van der Waals surface area contributed by atoms with Gasteiger partial charge in [0.05, 0.1) is 24.3 Å². The van der Waals surface area contributed by atoms with Gasteiger partial charge < -0.3 is 9.15 Å². The maximum absolute atomic E-state index is 12.3. The van der Waals surface area contributed by atoms with E-state index in [1.807, 2.05) is 42.5 Å². The number of hydrogen-bond donors (Lipinski definition) is 0. The van der Waals surface area contributed by atoms with Gasteiger partial charge in [0.15, 0.2) is 9.84 Å². The van der Waals surface area contributed by atoms with Crippen molar-refractivity contribution in [3.05, 3.63) is 72.1 Å². The molecule has 1 aromatic heterocycles. The minimum absolute atomic E-state index is 0.110. The van der Waals surface area contributed by atoms with Crippen LogP contribution in [0.5, 0.6) is 5.75 Å². The Morgan fingerprint density at radius 2 is 1.77 bits per heavy atom. The SMILES string of the molecule is COc1ccc(-c2nc(CS(=O)(=O)CCCc3ccccc3)co2)cc1. The summed E-state index contributed by atoms with van der Waals surface area (Å²) in [6.07, 6.45) is 2.75. The molecule has 0 aliphatic heterocycles. The third kappa shape index (κ3) is 4.95. The molecule has 3 rings (SSSR count). The number of oxazole rings is 1. The monoisotopic (exact) mass is 371 g/mol. The van der Waals surface area contributed by atoms with E-state index in [0.717, 1.165) is 23.3 Å². The van der Waals surface area contributed by atoms with E-state index < -0.39 is 9.84 Å². The molecule has 0 amide bonds. The fourth-order valence-corrected chi connectivity index (χ4v) is 3.99. The Bertz CT molecular complexity index is 931. The minimum atomic E-state index is -3.23. The van der Waals surface area contributed by atoms with E-state index in [0.29, 0.717) is 18.0 Å². The quantitative estimate of drug-likeness (QED) is 0.601. The summed E-state index contributed by atoms with van der Waals surface area (Å²) in [5.41, 5.74) is 2.35. The Kier molecular flexibility index (Phi) is 5.73. The number of nitrogens with zero attached hydrogens (tertiary/aromatic N) is 1. The summed E-state index contributed by atoms with van der Waals surface area (Å²) < 4.78 is 35.2. The number of aromatic nitrogens is 1. The summed E-state index contributed by atoms with van der Waals surface area (Å²) in [5.74, 6) is 1.16. The van der Waals surface area contributed by atoms with E-state index in [-0.39, 0.29) is 11.5 Å². The second-order valence-corrected chi connectivity index (χ2v) is 8.24. The lowest BCUT2D eigenvalue weighted by molar-refractivity contribution is 0.415. The molecule has 0 saturated heterocycles. The number of aryl methyl sites for hydroxylation is 1. The summed E-state index contributed by atoms with van der Waals surface area (Å²) in [6.45, 7) is 0. The molecule has 2 aromatic carbocycles. The van der Waals surface area contributed by atoms with Crippen LogP contribution >= 0.6 is 0 Å². The third-order valence-corrected chi connectivity index (χ3v) is 5.67. The Labute approximate surface area is 153 Å². The highest BCUT2D eigenvalue weighted by atomic mass is 32.2. The summed E-state index contributed by atoms with van der Waals surface area (Å²) in [5, 5.41) is 0. The van der Waals surface area contributed by atoms with E-state index in [4.69, 9.17) is 9.15 Å². The van der Waals surface area contributed by atoms with Crippen LogP contribution in [0.3, 0.4) is 0 Å². The molecule has 26 heavy (non-hydrogen) atoms. The average molecular weight is 371 g/mol. The van der Waals surface area contributed by atoms with E-state index >= 15 is 0 Å². The van der Waals surface area contributed by atoms with Gasteiger partial charge in [-0.05, 0) is 42.7 Å². The van der Waals surface area contributed by atoms with Crippen molar-refractivity contribution in [3.63, 3.8) is 0 Å². The zero-order valence-electron chi connectivity index (χ0n) is 14.6. The number of sulfone groups is 1. The third-order valence-electron chi connectivity index (χ3n) is 4.02. The summed E-state index contributed by atoms with van der Waals surface area (Å²) in [7, 11) is -1.63. The molecule has 1 heterocycles. The molecular weight excluding hydrogens is 350 g/mol. The molecule has 6 heteroatoms. The van der Waals surface area contributed by atoms with Gasteiger partial charge in [-0.25, -0.2) is 13.4 Å². The molecule has 0 aliphatic carbocycles. The summed E-state index contributed by atoms with van der Waals surface area (Å²) in [6, 6.07) is 17.1. The predicted molar refractivity (Wildman–Crippen MR) is 101 cm³/mol. The first-order valence-electron chi connectivity index (χ1n) is 8.39. The van der Waals surface area contributed by atoms with Crippen LogP contribution in [0.2, 0.25) is 0 Å². The first-order chi connectivity index (χ1) is 12.6. The van der Waals surface area contributed by atoms with Crippen molar-refractivity contribution >= 4 is 9.84 Å². The van der Waals surface area contributed by atoms with Gasteiger partial charge in [-0.1, -0.05) is 30.3 Å². The van der Waals surface area contributed by atoms with Gasteiger partial charge in [0.2, 0.25) is 5.89 Å². The van der Waals surface area contributed by atoms with Crippen LogP contribution in [-0.2, 0) is 22.0 Å². The Balaban J connectivity index is 1.58. The van der Waals surface area contributed by atoms with Crippen molar-refractivity contribution in [2.24, 2.45) is 0 Å². The van der Waals surface area contributed by atoms with Gasteiger partial charge in [-0.15, -0.1) is 0 Å². The largest absolute Gasteiger partial charge is 0.497 e. The van der Waals surface area contributed by atoms with E-state index in [9.17, 15) is 8.42 Å². The van der Waals surface area contributed by atoms with Crippen LogP contribution in [0.15, 0.2) is 65.3 Å². The molecule has 0 radical (unpaired) electrons. The topological polar surface area (TPSA) is 69.4 Å². The highest BCUT2D eigenvalue weighted by Gasteiger charge is 2.16. The van der Waals surface area contributed by atoms with Crippen LogP contribution in [-0.4, -0.2) is 26.3 Å². The van der Waals surface area contributed by atoms with Gasteiger partial charge >= 0.3 is 0 Å². The second kappa shape index (κ2) is 8.19. The van der Waals surface area contributed by atoms with Crippen LogP contribution < -0.4 is 4.74 Å². The maximum Gasteiger partial charge on any atom is 0.226 e. The summed E-state index contributed by atoms with van der Waals surface area (Å²) >= 11 is 0. The van der Waals surface area contributed by atoms with Gasteiger partial charge in [-0.2, -0.15) is 0 Å². The number of benzene rings is 2. The Hall–Kier alpha value is -2.60. The van der Waals surface area contributed by atoms with Crippen molar-refractivity contribution in [2.45, 2.75) is 18.6 Å². The number of hydrogen-bond acceptors (Lipinski definition) is 5. The minimum Gasteiger partial charge on any atom is -0.497 e. The first kappa shape index (κ1) is 18.2. The molecular formula is C20H21NO4S. The van der Waals surface area contributed by atoms with Crippen molar-refractivity contribution < 1.29 is 17.6 Å². The number of rotatable bonds is 8. The van der Waals surface area contributed by atoms with Crippen molar-refractivity contribution in [3.8, 4) is 17.2 Å². The lowest BCUT2D eigenvalue weighted by Crippen LogP contribution is -2.10. The van der Waals surface area contributed by atoms with E-state index in [1.54, 1.807) is 19.2 Å². The van der Waals surface area contributed by atoms with E-state index in [1.165, 1.54) is 6.26 Å². The highest BCUT2D eigenvalue weighted by Crippen LogP contribution is 2.22. The van der Waals surface area contributed by atoms with Crippen LogP contribution in [0.25, 0.3) is 11.5 Å². The van der Waals surface area contributed by atoms with Gasteiger partial charge in [0.1, 0.15) is 12.0 Å². The average Bonchev–Trinajstić information content (AvgIpc) is 3.10. The fourth-order valence-electron chi connectivity index (χ4n) is 2.68. The number of ether oxygens (including phenoxy) is 1. The van der Waals surface area contributed by atoms with Crippen LogP contribution in [0, 0.1) is 0 Å². The van der Waals surface area contributed by atoms with Crippen molar-refractivity contribution in [2.75, 3.05) is 12.9 Å². The number of methoxy groups -OCH3 is 1. The molecule has 0 spiro atoms. The van der Waals surface area contributed by atoms with Crippen LogP contribution in [0.4, 0.5) is 0 Å². The van der Waals surface area contributed by atoms with Crippen molar-refractivity contribution in [1.82, 2.24) is 4.98 Å². The molecule has 0 N–H and O–H groups in total. The molecule has 0 unspecified atom stereocenters. The lowest BCUT2D eigenvalue weighted by Gasteiger charge is -2.03. The van der Waals surface area contributed by atoms with E-state index in [2.05, 4.69) is 4.98 Å². The molecule has 3 aromatic rings. The maximum atomic E-state index is 12.3. The molecule has 136 valence electrons. The normalized spacial score (nSPS) is 11.4. The zero-order chi connectivity index (χ0) is 18.4. The van der Waals surface area contributed by atoms with Gasteiger partial charge in [-0.3, -0.25) is 0 Å². The first-order valence-corrected chi connectivity index (χ1v) is 10.2.